The van der Waals surface area contributed by atoms with Gasteiger partial charge in [0.15, 0.2) is 0 Å². The van der Waals surface area contributed by atoms with E-state index in [0.29, 0.717) is 6.42 Å². The van der Waals surface area contributed by atoms with E-state index in [1.807, 2.05) is 30.3 Å². The number of carbonyl (C=O) groups excluding carboxylic acids is 1. The van der Waals surface area contributed by atoms with Crippen LogP contribution < -0.4 is 11.1 Å². The third kappa shape index (κ3) is 3.73. The number of hydrogen-bond donors (Lipinski definition) is 3. The van der Waals surface area contributed by atoms with Crippen LogP contribution in [-0.4, -0.2) is 23.0 Å². The van der Waals surface area contributed by atoms with Crippen LogP contribution in [0.5, 0.6) is 0 Å². The van der Waals surface area contributed by atoms with Crippen molar-refractivity contribution in [2.75, 3.05) is 0 Å². The molecule has 0 saturated heterocycles. The average molecular weight is 275 g/mol. The van der Waals surface area contributed by atoms with Gasteiger partial charge in [0.25, 0.3) is 0 Å². The van der Waals surface area contributed by atoms with Crippen LogP contribution in [0.3, 0.4) is 0 Å². The van der Waals surface area contributed by atoms with Crippen molar-refractivity contribution in [1.82, 2.24) is 5.32 Å². The first-order chi connectivity index (χ1) is 9.70. The van der Waals surface area contributed by atoms with Crippen LogP contribution in [0.1, 0.15) is 31.2 Å². The average Bonchev–Trinajstić information content (AvgIpc) is 2.93. The number of oxime groups is 1. The predicted molar refractivity (Wildman–Crippen MR) is 77.4 cm³/mol. The molecule has 0 aliphatic heterocycles. The van der Waals surface area contributed by atoms with E-state index in [9.17, 15) is 4.79 Å². The fourth-order valence-electron chi connectivity index (χ4n) is 2.74. The molecule has 2 unspecified atom stereocenters. The van der Waals surface area contributed by atoms with Gasteiger partial charge < -0.3 is 16.3 Å². The standard InChI is InChI=1S/C15H21N3O2/c16-15(18-20)12-7-4-8-13(12)17-14(19)10-9-11-5-2-1-3-6-11/h1-3,5-6,12-13,20H,4,7-10H2,(H2,16,18)(H,17,19). The Balaban J connectivity index is 1.82. The number of hydrogen-bond acceptors (Lipinski definition) is 3. The van der Waals surface area contributed by atoms with Crippen LogP contribution >= 0.6 is 0 Å². The molecule has 5 nitrogen and oxygen atoms in total. The number of nitrogens with two attached hydrogens (primary N) is 1. The van der Waals surface area contributed by atoms with E-state index in [1.165, 1.54) is 0 Å². The highest BCUT2D eigenvalue weighted by Crippen LogP contribution is 2.25. The van der Waals surface area contributed by atoms with Gasteiger partial charge in [0.2, 0.25) is 5.91 Å². The van der Waals surface area contributed by atoms with Crippen molar-refractivity contribution < 1.29 is 10.0 Å². The maximum absolute atomic E-state index is 12.0. The summed E-state index contributed by atoms with van der Waals surface area (Å²) in [5.41, 5.74) is 6.81. The van der Waals surface area contributed by atoms with Gasteiger partial charge in [0, 0.05) is 18.4 Å². The highest BCUT2D eigenvalue weighted by Gasteiger charge is 2.31. The zero-order valence-electron chi connectivity index (χ0n) is 11.5. The van der Waals surface area contributed by atoms with Gasteiger partial charge in [0.05, 0.1) is 0 Å². The summed E-state index contributed by atoms with van der Waals surface area (Å²) in [5, 5.41) is 14.8. The molecule has 2 atom stereocenters. The van der Waals surface area contributed by atoms with Crippen LogP contribution in [0.25, 0.3) is 0 Å². The molecular weight excluding hydrogens is 254 g/mol. The Bertz CT molecular complexity index is 473. The lowest BCUT2D eigenvalue weighted by atomic mass is 10.0. The Morgan fingerprint density at radius 1 is 1.35 bits per heavy atom. The smallest absolute Gasteiger partial charge is 0.220 e. The monoisotopic (exact) mass is 275 g/mol. The summed E-state index contributed by atoms with van der Waals surface area (Å²) >= 11 is 0. The molecule has 1 aromatic carbocycles. The van der Waals surface area contributed by atoms with Crippen LogP contribution in [0, 0.1) is 5.92 Å². The van der Waals surface area contributed by atoms with E-state index in [-0.39, 0.29) is 23.7 Å². The van der Waals surface area contributed by atoms with Crippen LogP contribution in [0.15, 0.2) is 35.5 Å². The molecule has 5 heteroatoms. The molecule has 1 amide bonds. The van der Waals surface area contributed by atoms with Crippen molar-refractivity contribution in [2.45, 2.75) is 38.1 Å². The molecule has 0 aromatic heterocycles. The SMILES string of the molecule is NC(=NO)C1CCCC1NC(=O)CCc1ccccc1. The van der Waals surface area contributed by atoms with E-state index in [0.717, 1.165) is 31.2 Å². The van der Waals surface area contributed by atoms with E-state index in [2.05, 4.69) is 10.5 Å². The number of amidine groups is 1. The van der Waals surface area contributed by atoms with Crippen molar-refractivity contribution in [3.8, 4) is 0 Å². The number of nitrogens with one attached hydrogen (secondary N) is 1. The normalized spacial score (nSPS) is 22.7. The molecule has 4 N–H and O–H groups in total. The second-order valence-electron chi connectivity index (χ2n) is 5.22. The lowest BCUT2D eigenvalue weighted by Crippen LogP contribution is -2.42. The van der Waals surface area contributed by atoms with Gasteiger partial charge in [-0.2, -0.15) is 0 Å². The molecule has 0 bridgehead atoms. The number of aryl methyl sites for hydroxylation is 1. The van der Waals surface area contributed by atoms with Crippen molar-refractivity contribution in [3.63, 3.8) is 0 Å². The minimum absolute atomic E-state index is 0.00540. The maximum atomic E-state index is 12.0. The summed E-state index contributed by atoms with van der Waals surface area (Å²) in [6, 6.07) is 9.93. The Hall–Kier alpha value is -2.04. The molecule has 1 saturated carbocycles. The van der Waals surface area contributed by atoms with Gasteiger partial charge in [-0.1, -0.05) is 41.9 Å². The van der Waals surface area contributed by atoms with E-state index in [1.54, 1.807) is 0 Å². The van der Waals surface area contributed by atoms with Crippen molar-refractivity contribution in [2.24, 2.45) is 16.8 Å². The molecule has 0 spiro atoms. The van der Waals surface area contributed by atoms with Crippen molar-refractivity contribution in [1.29, 1.82) is 0 Å². The number of benzene rings is 1. The van der Waals surface area contributed by atoms with Gasteiger partial charge in [-0.15, -0.1) is 0 Å². The molecule has 0 heterocycles. The third-order valence-electron chi connectivity index (χ3n) is 3.84. The quantitative estimate of drug-likeness (QED) is 0.330. The number of nitrogens with zero attached hydrogens (tertiary/aromatic N) is 1. The first-order valence-corrected chi connectivity index (χ1v) is 7.01. The molecule has 0 radical (unpaired) electrons. The first kappa shape index (κ1) is 14.4. The summed E-state index contributed by atoms with van der Waals surface area (Å²) in [5.74, 6) is 0.202. The van der Waals surface area contributed by atoms with Gasteiger partial charge in [-0.05, 0) is 24.8 Å². The Morgan fingerprint density at radius 2 is 2.10 bits per heavy atom. The minimum Gasteiger partial charge on any atom is -0.409 e. The Morgan fingerprint density at radius 3 is 2.80 bits per heavy atom. The van der Waals surface area contributed by atoms with Crippen LogP contribution in [0.4, 0.5) is 0 Å². The topological polar surface area (TPSA) is 87.7 Å². The molecule has 1 fully saturated rings. The highest BCUT2D eigenvalue weighted by molar-refractivity contribution is 5.84. The summed E-state index contributed by atoms with van der Waals surface area (Å²) in [6.45, 7) is 0. The van der Waals surface area contributed by atoms with Gasteiger partial charge in [-0.25, -0.2) is 0 Å². The van der Waals surface area contributed by atoms with Gasteiger partial charge in [-0.3, -0.25) is 4.79 Å². The molecule has 1 aliphatic rings. The van der Waals surface area contributed by atoms with E-state index >= 15 is 0 Å². The van der Waals surface area contributed by atoms with Gasteiger partial charge >= 0.3 is 0 Å². The molecule has 2 rings (SSSR count). The second-order valence-corrected chi connectivity index (χ2v) is 5.22. The third-order valence-corrected chi connectivity index (χ3v) is 3.84. The second kappa shape index (κ2) is 6.93. The van der Waals surface area contributed by atoms with Crippen LogP contribution in [0.2, 0.25) is 0 Å². The number of amides is 1. The highest BCUT2D eigenvalue weighted by atomic mass is 16.4. The predicted octanol–water partition coefficient (Wildman–Crippen LogP) is 1.65. The largest absolute Gasteiger partial charge is 0.409 e. The first-order valence-electron chi connectivity index (χ1n) is 7.01. The fraction of sp³-hybridized carbons (Fsp3) is 0.467. The van der Waals surface area contributed by atoms with Crippen LogP contribution in [-0.2, 0) is 11.2 Å². The van der Waals surface area contributed by atoms with Crippen molar-refractivity contribution >= 4 is 11.7 Å². The van der Waals surface area contributed by atoms with Gasteiger partial charge in [0.1, 0.15) is 5.84 Å². The summed E-state index contributed by atoms with van der Waals surface area (Å²) in [4.78, 5) is 12.0. The summed E-state index contributed by atoms with van der Waals surface area (Å²) in [6.07, 6.45) is 3.93. The number of carbonyl (C=O) groups is 1. The van der Waals surface area contributed by atoms with E-state index in [4.69, 9.17) is 10.9 Å². The van der Waals surface area contributed by atoms with Crippen molar-refractivity contribution in [3.05, 3.63) is 35.9 Å². The number of rotatable bonds is 5. The molecular formula is C15H21N3O2. The molecule has 20 heavy (non-hydrogen) atoms. The van der Waals surface area contributed by atoms with E-state index < -0.39 is 0 Å². The lowest BCUT2D eigenvalue weighted by Gasteiger charge is -2.19. The fourth-order valence-corrected chi connectivity index (χ4v) is 2.74. The lowest BCUT2D eigenvalue weighted by molar-refractivity contribution is -0.121. The Labute approximate surface area is 118 Å². The zero-order valence-corrected chi connectivity index (χ0v) is 11.5. The molecule has 108 valence electrons. The molecule has 1 aromatic rings. The zero-order chi connectivity index (χ0) is 14.4. The summed E-state index contributed by atoms with van der Waals surface area (Å²) in [7, 11) is 0. The Kier molecular flexibility index (Phi) is 4.98. The minimum atomic E-state index is -0.0410. The molecule has 1 aliphatic carbocycles. The summed E-state index contributed by atoms with van der Waals surface area (Å²) < 4.78 is 0. The maximum Gasteiger partial charge on any atom is 0.220 e.